The molecule has 0 saturated carbocycles. The van der Waals surface area contributed by atoms with Crippen LogP contribution in [0, 0.1) is 0 Å². The molecule has 0 atom stereocenters. The number of aromatic nitrogens is 2. The van der Waals surface area contributed by atoms with Gasteiger partial charge in [0.1, 0.15) is 5.82 Å². The number of aliphatic carboxylic acids is 1. The Labute approximate surface area is 110 Å². The van der Waals surface area contributed by atoms with Gasteiger partial charge in [-0.2, -0.15) is 0 Å². The molecular weight excluding hydrogens is 244 g/mol. The van der Waals surface area contributed by atoms with Crippen molar-refractivity contribution in [3.63, 3.8) is 0 Å². The van der Waals surface area contributed by atoms with Crippen LogP contribution in [0.1, 0.15) is 36.8 Å². The second-order valence-corrected chi connectivity index (χ2v) is 4.39. The molecule has 19 heavy (non-hydrogen) atoms. The second-order valence-electron chi connectivity index (χ2n) is 4.39. The Kier molecular flexibility index (Phi) is 3.94. The van der Waals surface area contributed by atoms with Crippen LogP contribution in [0.15, 0.2) is 24.3 Å². The van der Waals surface area contributed by atoms with Crippen LogP contribution >= 0.6 is 0 Å². The SMILES string of the molecule is CCCc1nc2ccccc2n1C(=O)CCC(=O)O. The lowest BCUT2D eigenvalue weighted by molar-refractivity contribution is -0.136. The van der Waals surface area contributed by atoms with E-state index in [1.54, 1.807) is 4.57 Å². The minimum atomic E-state index is -0.963. The summed E-state index contributed by atoms with van der Waals surface area (Å²) in [6.45, 7) is 2.02. The summed E-state index contributed by atoms with van der Waals surface area (Å²) in [6, 6.07) is 7.41. The molecule has 1 aromatic heterocycles. The highest BCUT2D eigenvalue weighted by Crippen LogP contribution is 2.18. The lowest BCUT2D eigenvalue weighted by atomic mass is 10.2. The third-order valence-corrected chi connectivity index (χ3v) is 2.91. The van der Waals surface area contributed by atoms with E-state index in [0.717, 1.165) is 17.5 Å². The van der Waals surface area contributed by atoms with Gasteiger partial charge in [0.05, 0.1) is 17.5 Å². The van der Waals surface area contributed by atoms with Crippen molar-refractivity contribution >= 4 is 22.9 Å². The van der Waals surface area contributed by atoms with Gasteiger partial charge in [-0.15, -0.1) is 0 Å². The van der Waals surface area contributed by atoms with Gasteiger partial charge < -0.3 is 5.11 Å². The molecule has 1 N–H and O–H groups in total. The molecule has 0 spiro atoms. The highest BCUT2D eigenvalue weighted by Gasteiger charge is 2.16. The average Bonchev–Trinajstić information content (AvgIpc) is 2.74. The van der Waals surface area contributed by atoms with Gasteiger partial charge in [-0.05, 0) is 18.6 Å². The predicted octanol–water partition coefficient (Wildman–Crippen LogP) is 2.49. The van der Waals surface area contributed by atoms with Gasteiger partial charge >= 0.3 is 5.97 Å². The summed E-state index contributed by atoms with van der Waals surface area (Å²) in [7, 11) is 0. The first-order valence-corrected chi connectivity index (χ1v) is 6.35. The van der Waals surface area contributed by atoms with Gasteiger partial charge in [0.25, 0.3) is 0 Å². The van der Waals surface area contributed by atoms with Crippen molar-refractivity contribution in [3.8, 4) is 0 Å². The van der Waals surface area contributed by atoms with Crippen molar-refractivity contribution < 1.29 is 14.7 Å². The van der Waals surface area contributed by atoms with E-state index in [1.165, 1.54) is 0 Å². The molecule has 100 valence electrons. The van der Waals surface area contributed by atoms with E-state index in [0.29, 0.717) is 12.2 Å². The minimum absolute atomic E-state index is 0.00754. The number of carboxylic acids is 1. The van der Waals surface area contributed by atoms with Gasteiger partial charge in [-0.3, -0.25) is 14.2 Å². The number of carbonyl (C=O) groups is 2. The zero-order chi connectivity index (χ0) is 13.8. The maximum absolute atomic E-state index is 12.2. The zero-order valence-corrected chi connectivity index (χ0v) is 10.8. The molecule has 0 saturated heterocycles. The monoisotopic (exact) mass is 260 g/mol. The molecule has 0 bridgehead atoms. The van der Waals surface area contributed by atoms with Crippen LogP contribution in [0.3, 0.4) is 0 Å². The fraction of sp³-hybridized carbons (Fsp3) is 0.357. The van der Waals surface area contributed by atoms with Crippen LogP contribution in [0.25, 0.3) is 11.0 Å². The first-order valence-electron chi connectivity index (χ1n) is 6.35. The summed E-state index contributed by atoms with van der Waals surface area (Å²) < 4.78 is 1.56. The number of carboxylic acid groups (broad SMARTS) is 1. The topological polar surface area (TPSA) is 72.2 Å². The molecule has 0 aliphatic heterocycles. The number of carbonyl (C=O) groups excluding carboxylic acids is 1. The highest BCUT2D eigenvalue weighted by atomic mass is 16.4. The van der Waals surface area contributed by atoms with E-state index < -0.39 is 5.97 Å². The molecular formula is C14H16N2O3. The van der Waals surface area contributed by atoms with E-state index >= 15 is 0 Å². The third-order valence-electron chi connectivity index (χ3n) is 2.91. The predicted molar refractivity (Wildman–Crippen MR) is 71.2 cm³/mol. The van der Waals surface area contributed by atoms with Gasteiger partial charge in [0.2, 0.25) is 5.91 Å². The van der Waals surface area contributed by atoms with Gasteiger partial charge in [0.15, 0.2) is 0 Å². The lowest BCUT2D eigenvalue weighted by Crippen LogP contribution is -2.15. The number of imidazole rings is 1. The molecule has 2 rings (SSSR count). The summed E-state index contributed by atoms with van der Waals surface area (Å²) in [5, 5.41) is 8.67. The Morgan fingerprint density at radius 1 is 1.26 bits per heavy atom. The van der Waals surface area contributed by atoms with Crippen molar-refractivity contribution in [3.05, 3.63) is 30.1 Å². The van der Waals surface area contributed by atoms with Crippen molar-refractivity contribution in [1.82, 2.24) is 9.55 Å². The van der Waals surface area contributed by atoms with Crippen molar-refractivity contribution in [1.29, 1.82) is 0 Å². The van der Waals surface area contributed by atoms with E-state index in [2.05, 4.69) is 4.98 Å². The fourth-order valence-corrected chi connectivity index (χ4v) is 2.07. The number of aryl methyl sites for hydroxylation is 1. The fourth-order valence-electron chi connectivity index (χ4n) is 2.07. The van der Waals surface area contributed by atoms with Gasteiger partial charge in [-0.25, -0.2) is 4.98 Å². The summed E-state index contributed by atoms with van der Waals surface area (Å²) in [5.74, 6) is -0.464. The largest absolute Gasteiger partial charge is 0.481 e. The van der Waals surface area contributed by atoms with Gasteiger partial charge in [-0.1, -0.05) is 19.1 Å². The Hall–Kier alpha value is -2.17. The molecule has 0 radical (unpaired) electrons. The number of hydrogen-bond donors (Lipinski definition) is 1. The van der Waals surface area contributed by atoms with E-state index in [1.807, 2.05) is 31.2 Å². The number of nitrogens with zero attached hydrogens (tertiary/aromatic N) is 2. The Balaban J connectivity index is 2.40. The molecule has 2 aromatic rings. The van der Waals surface area contributed by atoms with Crippen LogP contribution in [-0.4, -0.2) is 26.5 Å². The minimum Gasteiger partial charge on any atom is -0.481 e. The first-order chi connectivity index (χ1) is 9.13. The Morgan fingerprint density at radius 2 is 2.00 bits per heavy atom. The smallest absolute Gasteiger partial charge is 0.303 e. The Bertz CT molecular complexity index is 616. The van der Waals surface area contributed by atoms with Crippen LogP contribution in [-0.2, 0) is 11.2 Å². The van der Waals surface area contributed by atoms with E-state index in [4.69, 9.17) is 5.11 Å². The molecule has 1 aromatic carbocycles. The van der Waals surface area contributed by atoms with Gasteiger partial charge in [0, 0.05) is 12.8 Å². The average molecular weight is 260 g/mol. The summed E-state index contributed by atoms with van der Waals surface area (Å²) in [4.78, 5) is 27.2. The normalized spacial score (nSPS) is 10.8. The van der Waals surface area contributed by atoms with Crippen LogP contribution in [0.2, 0.25) is 0 Å². The zero-order valence-electron chi connectivity index (χ0n) is 10.8. The maximum atomic E-state index is 12.2. The summed E-state index contributed by atoms with van der Waals surface area (Å²) in [6.07, 6.45) is 1.42. The van der Waals surface area contributed by atoms with Crippen LogP contribution in [0.4, 0.5) is 0 Å². The second kappa shape index (κ2) is 5.65. The van der Waals surface area contributed by atoms with Crippen molar-refractivity contribution in [2.24, 2.45) is 0 Å². The van der Waals surface area contributed by atoms with E-state index in [9.17, 15) is 9.59 Å². The molecule has 0 amide bonds. The molecule has 0 aliphatic rings. The Morgan fingerprint density at radius 3 is 2.68 bits per heavy atom. The molecule has 0 unspecified atom stereocenters. The van der Waals surface area contributed by atoms with Crippen molar-refractivity contribution in [2.75, 3.05) is 0 Å². The number of hydrogen-bond acceptors (Lipinski definition) is 3. The number of rotatable bonds is 5. The maximum Gasteiger partial charge on any atom is 0.303 e. The van der Waals surface area contributed by atoms with E-state index in [-0.39, 0.29) is 18.7 Å². The molecule has 0 aliphatic carbocycles. The summed E-state index contributed by atoms with van der Waals surface area (Å²) in [5.41, 5.74) is 1.52. The lowest BCUT2D eigenvalue weighted by Gasteiger charge is -2.06. The number of fused-ring (bicyclic) bond motifs is 1. The summed E-state index contributed by atoms with van der Waals surface area (Å²) >= 11 is 0. The first kappa shape index (κ1) is 13.3. The quantitative estimate of drug-likeness (QED) is 0.896. The standard InChI is InChI=1S/C14H16N2O3/c1-2-5-12-15-10-6-3-4-7-11(10)16(12)13(17)8-9-14(18)19/h3-4,6-7H,2,5,8-9H2,1H3,(H,18,19). The van der Waals surface area contributed by atoms with Crippen LogP contribution < -0.4 is 0 Å². The van der Waals surface area contributed by atoms with Crippen LogP contribution in [0.5, 0.6) is 0 Å². The molecule has 1 heterocycles. The number of para-hydroxylation sites is 2. The highest BCUT2D eigenvalue weighted by molar-refractivity contribution is 5.92. The molecule has 0 fully saturated rings. The third kappa shape index (κ3) is 2.81. The molecule has 5 heteroatoms. The van der Waals surface area contributed by atoms with Crippen molar-refractivity contribution in [2.45, 2.75) is 32.6 Å². The molecule has 5 nitrogen and oxygen atoms in total. The number of benzene rings is 1.